The maximum absolute atomic E-state index is 12.4. The van der Waals surface area contributed by atoms with E-state index in [1.807, 2.05) is 6.40 Å². The molecule has 0 spiro atoms. The number of hydrogen-bond donors (Lipinski definition) is 3. The molecule has 174 valence electrons. The maximum Gasteiger partial charge on any atom is 0.242 e. The number of hydrogen-bond acceptors (Lipinski definition) is 6. The van der Waals surface area contributed by atoms with E-state index < -0.39 is 12.4 Å². The molecule has 0 saturated carbocycles. The molecule has 2 aromatic carbocycles. The number of phenolic OH excluding ortho intramolecular Hbond substituents is 2. The standard InChI is InChI=1S/C26H25N3O5/c1-4-13-27-26(32)17-29-21(10-6-19-8-12-23(31)25(15-19)34-3)16-20(28-29)9-5-18-7-11-22(30)24(14-18)33-2/h1,5-12,14-16,30-31H,13,17H2,2-3H3,(H,27,32)/b9-5+,10-6+/i1T,17T. The zero-order valence-corrected chi connectivity index (χ0v) is 18.6. The quantitative estimate of drug-likeness (QED) is 0.420. The van der Waals surface area contributed by atoms with Crippen LogP contribution >= 0.6 is 0 Å². The number of carbonyl (C=O) groups excluding carboxylic acids is 1. The number of benzene rings is 2. The van der Waals surface area contributed by atoms with Crippen LogP contribution in [0.3, 0.4) is 0 Å². The fraction of sp³-hybridized carbons (Fsp3) is 0.154. The average molecular weight is 464 g/mol. The van der Waals surface area contributed by atoms with Gasteiger partial charge in [0.2, 0.25) is 5.91 Å². The SMILES string of the molecule is [3H]C#CCNC(=O)C([3H])n1nc(/C=C/c2ccc(O)c(OC)c2)cc1/C=C/c1ccc(O)c(OC)c1. The van der Waals surface area contributed by atoms with Gasteiger partial charge in [0.1, 0.15) is 7.89 Å². The number of amides is 1. The first kappa shape index (κ1) is 21.2. The predicted molar refractivity (Wildman–Crippen MR) is 131 cm³/mol. The van der Waals surface area contributed by atoms with E-state index in [1.54, 1.807) is 54.6 Å². The van der Waals surface area contributed by atoms with Crippen LogP contribution in [-0.2, 0) is 11.3 Å². The lowest BCUT2D eigenvalue weighted by atomic mass is 10.1. The van der Waals surface area contributed by atoms with Gasteiger partial charge in [-0.3, -0.25) is 9.48 Å². The van der Waals surface area contributed by atoms with E-state index in [0.717, 1.165) is 11.1 Å². The van der Waals surface area contributed by atoms with Gasteiger partial charge in [-0.25, -0.2) is 0 Å². The summed E-state index contributed by atoms with van der Waals surface area (Å²) >= 11 is 0. The molecule has 0 bridgehead atoms. The normalized spacial score (nSPS) is 12.5. The third-order valence-electron chi connectivity index (χ3n) is 4.67. The molecule has 1 aromatic heterocycles. The van der Waals surface area contributed by atoms with Gasteiger partial charge in [0, 0.05) is 0 Å². The van der Waals surface area contributed by atoms with Gasteiger partial charge in [0.25, 0.3) is 0 Å². The van der Waals surface area contributed by atoms with Crippen LogP contribution in [0.5, 0.6) is 23.0 Å². The monoisotopic (exact) mass is 463 g/mol. The molecule has 0 saturated heterocycles. The van der Waals surface area contributed by atoms with Crippen LogP contribution in [-0.4, -0.2) is 46.7 Å². The molecule has 1 unspecified atom stereocenters. The minimum atomic E-state index is -1.40. The molecule has 0 fully saturated rings. The van der Waals surface area contributed by atoms with Crippen molar-refractivity contribution < 1.29 is 27.2 Å². The lowest BCUT2D eigenvalue weighted by Crippen LogP contribution is -2.28. The molecule has 0 aliphatic heterocycles. The number of nitrogens with one attached hydrogen (secondary N) is 1. The largest absolute Gasteiger partial charge is 0.504 e. The number of rotatable bonds is 9. The Balaban J connectivity index is 1.94. The Hall–Kier alpha value is -4.64. The summed E-state index contributed by atoms with van der Waals surface area (Å²) in [5, 5.41) is 26.5. The molecule has 3 N–H and O–H groups in total. The smallest absolute Gasteiger partial charge is 0.242 e. The Morgan fingerprint density at radius 1 is 1.09 bits per heavy atom. The summed E-state index contributed by atoms with van der Waals surface area (Å²) in [6, 6.07) is 11.4. The summed E-state index contributed by atoms with van der Waals surface area (Å²) in [4.78, 5) is 12.4. The maximum atomic E-state index is 12.4. The highest BCUT2D eigenvalue weighted by atomic mass is 16.5. The summed E-state index contributed by atoms with van der Waals surface area (Å²) in [7, 11) is 2.91. The van der Waals surface area contributed by atoms with Crippen molar-refractivity contribution in [3.05, 3.63) is 65.0 Å². The summed E-state index contributed by atoms with van der Waals surface area (Å²) in [5.41, 5.74) is 2.44. The zero-order chi connectivity index (χ0) is 26.1. The number of aromatic hydroxyl groups is 2. The number of phenols is 2. The van der Waals surface area contributed by atoms with E-state index in [4.69, 9.17) is 12.2 Å². The molecule has 1 atom stereocenters. The first-order valence-electron chi connectivity index (χ1n) is 11.2. The van der Waals surface area contributed by atoms with Crippen LogP contribution in [0.4, 0.5) is 0 Å². The number of nitrogens with zero attached hydrogens (tertiary/aromatic N) is 2. The average Bonchev–Trinajstić information content (AvgIpc) is 3.30. The first-order chi connectivity index (χ1) is 17.4. The molecule has 1 amide bonds. The van der Waals surface area contributed by atoms with Gasteiger partial charge in [-0.1, -0.05) is 30.2 Å². The van der Waals surface area contributed by atoms with E-state index in [-0.39, 0.29) is 18.0 Å². The van der Waals surface area contributed by atoms with Crippen LogP contribution in [0.25, 0.3) is 24.3 Å². The number of carbonyl (C=O) groups is 1. The molecule has 0 radical (unpaired) electrons. The highest BCUT2D eigenvalue weighted by Crippen LogP contribution is 2.28. The van der Waals surface area contributed by atoms with Gasteiger partial charge >= 0.3 is 0 Å². The Morgan fingerprint density at radius 3 is 2.29 bits per heavy atom. The minimum absolute atomic E-state index is 0.0108. The Morgan fingerprint density at radius 2 is 1.71 bits per heavy atom. The lowest BCUT2D eigenvalue weighted by molar-refractivity contribution is -0.121. The lowest BCUT2D eigenvalue weighted by Gasteiger charge is -2.05. The van der Waals surface area contributed by atoms with Crippen LogP contribution < -0.4 is 14.8 Å². The Bertz CT molecular complexity index is 1360. The summed E-state index contributed by atoms with van der Waals surface area (Å²) < 4.78 is 26.8. The molecule has 8 nitrogen and oxygen atoms in total. The van der Waals surface area contributed by atoms with Crippen LogP contribution in [0.1, 0.15) is 25.3 Å². The number of methoxy groups -OCH3 is 2. The third kappa shape index (κ3) is 6.20. The summed E-state index contributed by atoms with van der Waals surface area (Å²) in [6.07, 6.45) is 8.84. The highest BCUT2D eigenvalue weighted by Gasteiger charge is 2.09. The zero-order valence-electron chi connectivity index (χ0n) is 20.6. The molecule has 0 aliphatic rings. The minimum Gasteiger partial charge on any atom is -0.504 e. The molecule has 3 rings (SSSR count). The second-order valence-electron chi connectivity index (χ2n) is 6.99. The molecular formula is C26H25N3O5. The molecule has 8 heteroatoms. The van der Waals surface area contributed by atoms with E-state index in [0.29, 0.717) is 22.9 Å². The fourth-order valence-electron chi connectivity index (χ4n) is 2.98. The Labute approximate surface area is 200 Å². The molecule has 3 aromatic rings. The third-order valence-corrected chi connectivity index (χ3v) is 4.67. The van der Waals surface area contributed by atoms with E-state index in [2.05, 4.69) is 16.3 Å². The number of ether oxygens (including phenoxy) is 2. The van der Waals surface area contributed by atoms with Crippen molar-refractivity contribution in [2.24, 2.45) is 0 Å². The van der Waals surface area contributed by atoms with Gasteiger partial charge in [0.15, 0.2) is 23.0 Å². The van der Waals surface area contributed by atoms with Crippen molar-refractivity contribution in [3.8, 4) is 35.3 Å². The van der Waals surface area contributed by atoms with Crippen LogP contribution in [0, 0.1) is 12.3 Å². The molecule has 0 aliphatic carbocycles. The van der Waals surface area contributed by atoms with E-state index >= 15 is 0 Å². The number of aromatic nitrogens is 2. The Kier molecular flexibility index (Phi) is 7.05. The van der Waals surface area contributed by atoms with Crippen molar-refractivity contribution >= 4 is 30.2 Å². The summed E-state index contributed by atoms with van der Waals surface area (Å²) in [6.45, 7) is -1.45. The van der Waals surface area contributed by atoms with Crippen molar-refractivity contribution in [2.45, 2.75) is 6.52 Å². The molecule has 34 heavy (non-hydrogen) atoms. The highest BCUT2D eigenvalue weighted by molar-refractivity contribution is 5.78. The second kappa shape index (κ2) is 11.3. The van der Waals surface area contributed by atoms with Gasteiger partial charge in [0.05, 0.1) is 33.5 Å². The first-order valence-corrected chi connectivity index (χ1v) is 10.2. The van der Waals surface area contributed by atoms with Crippen molar-refractivity contribution in [1.82, 2.24) is 15.1 Å². The second-order valence-corrected chi connectivity index (χ2v) is 6.99. The van der Waals surface area contributed by atoms with Gasteiger partial charge in [-0.15, -0.1) is 6.40 Å². The van der Waals surface area contributed by atoms with Crippen LogP contribution in [0.15, 0.2) is 42.5 Å². The predicted octanol–water partition coefficient (Wildman–Crippen LogP) is 3.40. The molecular weight excluding hydrogens is 434 g/mol. The number of terminal acetylenes is 1. The van der Waals surface area contributed by atoms with Gasteiger partial charge in [-0.2, -0.15) is 5.10 Å². The van der Waals surface area contributed by atoms with Crippen molar-refractivity contribution in [3.63, 3.8) is 0 Å². The van der Waals surface area contributed by atoms with Crippen LogP contribution in [0.2, 0.25) is 0 Å². The fourth-order valence-corrected chi connectivity index (χ4v) is 2.98. The van der Waals surface area contributed by atoms with Crippen molar-refractivity contribution in [1.29, 1.82) is 0 Å². The van der Waals surface area contributed by atoms with E-state index in [1.165, 1.54) is 31.0 Å². The summed E-state index contributed by atoms with van der Waals surface area (Å²) in [5.74, 6) is 2.46. The molecule has 1 heterocycles. The van der Waals surface area contributed by atoms with E-state index in [9.17, 15) is 15.0 Å². The topological polar surface area (TPSA) is 106 Å². The van der Waals surface area contributed by atoms with Crippen molar-refractivity contribution in [2.75, 3.05) is 20.8 Å². The van der Waals surface area contributed by atoms with Gasteiger partial charge < -0.3 is 25.0 Å². The van der Waals surface area contributed by atoms with Gasteiger partial charge in [-0.05, 0) is 53.6 Å².